The standard InChI is InChI=1S/C45H39N9O12S3/c1-25-18-32(9-15-36(25)49-47-31-10-16-37(26(2)19-31)50-51-38-17-13-34(67(56,57)58)23-42(38)68(59,60)61)48-52-39-24-41(66-5)40(20-27(39)3)53-54-44-43(69(62,63)64)22-28-21-30(8-14-35(28)45(44)55)46-29-6-11-33(65-4)12-7-29/h6-24,46,55H,1-5H3,(H,56,57,58)(H,59,60,61)(H,62,63,64). The van der Waals surface area contributed by atoms with Gasteiger partial charge in [0.05, 0.1) is 47.6 Å². The van der Waals surface area contributed by atoms with Gasteiger partial charge in [-0.05, 0) is 152 Å². The molecule has 7 aromatic rings. The average Bonchev–Trinajstić information content (AvgIpc) is 3.29. The summed E-state index contributed by atoms with van der Waals surface area (Å²) in [6.07, 6.45) is 0. The van der Waals surface area contributed by atoms with Crippen molar-refractivity contribution < 1.29 is 53.5 Å². The molecule has 0 radical (unpaired) electrons. The Morgan fingerprint density at radius 2 is 1.00 bits per heavy atom. The molecule has 7 rings (SSSR count). The van der Waals surface area contributed by atoms with E-state index in [0.29, 0.717) is 68.0 Å². The number of benzene rings is 7. The van der Waals surface area contributed by atoms with Crippen LogP contribution in [0, 0.1) is 20.8 Å². The van der Waals surface area contributed by atoms with Crippen molar-refractivity contribution in [3.05, 3.63) is 132 Å². The predicted octanol–water partition coefficient (Wildman–Crippen LogP) is 12.6. The highest BCUT2D eigenvalue weighted by atomic mass is 32.2. The summed E-state index contributed by atoms with van der Waals surface area (Å²) >= 11 is 0. The van der Waals surface area contributed by atoms with Crippen LogP contribution in [0.25, 0.3) is 10.8 Å². The van der Waals surface area contributed by atoms with Crippen LogP contribution < -0.4 is 14.8 Å². The van der Waals surface area contributed by atoms with Crippen LogP contribution in [0.1, 0.15) is 16.7 Å². The second-order valence-electron chi connectivity index (χ2n) is 15.0. The number of nitrogens with one attached hydrogen (secondary N) is 1. The molecule has 0 fully saturated rings. The SMILES string of the molecule is COc1ccc(Nc2ccc3c(O)c(N=Nc4cc(C)c(N=Nc5ccc(N=Nc6ccc(N=Nc7ccc(S(=O)(=O)O)cc7S(=O)(=O)O)c(C)c6)c(C)c5)cc4OC)c(S(=O)(=O)O)cc3c2)cc1. The van der Waals surface area contributed by atoms with E-state index in [1.165, 1.54) is 13.2 Å². The summed E-state index contributed by atoms with van der Waals surface area (Å²) in [5.41, 5.74) is 4.65. The van der Waals surface area contributed by atoms with Gasteiger partial charge in [0.15, 0.2) is 5.75 Å². The maximum atomic E-state index is 12.6. The predicted molar refractivity (Wildman–Crippen MR) is 255 cm³/mol. The van der Waals surface area contributed by atoms with Crippen molar-refractivity contribution in [2.24, 2.45) is 40.9 Å². The average molecular weight is 994 g/mol. The normalized spacial score (nSPS) is 12.5. The summed E-state index contributed by atoms with van der Waals surface area (Å²) in [4.78, 5) is -2.28. The van der Waals surface area contributed by atoms with Crippen molar-refractivity contribution in [2.45, 2.75) is 35.5 Å². The first-order chi connectivity index (χ1) is 32.6. The van der Waals surface area contributed by atoms with E-state index in [0.717, 1.165) is 17.8 Å². The molecule has 0 saturated heterocycles. The maximum Gasteiger partial charge on any atom is 0.296 e. The smallest absolute Gasteiger partial charge is 0.296 e. The van der Waals surface area contributed by atoms with Crippen molar-refractivity contribution in [1.29, 1.82) is 0 Å². The number of rotatable bonds is 15. The molecule has 0 amide bonds. The molecular formula is C45H39N9O12S3. The highest BCUT2D eigenvalue weighted by Gasteiger charge is 2.23. The number of hydrogen-bond acceptors (Lipinski definition) is 18. The van der Waals surface area contributed by atoms with E-state index in [1.807, 2.05) is 0 Å². The number of azo groups is 4. The summed E-state index contributed by atoms with van der Waals surface area (Å²) < 4.78 is 112. The number of hydrogen-bond donors (Lipinski definition) is 5. The van der Waals surface area contributed by atoms with Crippen molar-refractivity contribution >= 4 is 98.0 Å². The molecule has 0 atom stereocenters. The van der Waals surface area contributed by atoms with Crippen LogP contribution in [0.3, 0.4) is 0 Å². The first-order valence-corrected chi connectivity index (χ1v) is 24.3. The molecule has 21 nitrogen and oxygen atoms in total. The van der Waals surface area contributed by atoms with E-state index in [4.69, 9.17) is 9.47 Å². The fourth-order valence-electron chi connectivity index (χ4n) is 6.58. The second kappa shape index (κ2) is 19.8. The number of phenols is 1. The number of nitrogens with zero attached hydrogens (tertiary/aromatic N) is 8. The van der Waals surface area contributed by atoms with E-state index in [-0.39, 0.29) is 22.5 Å². The minimum atomic E-state index is -4.93. The summed E-state index contributed by atoms with van der Waals surface area (Å²) in [5, 5.41) is 48.6. The number of aryl methyl sites for hydroxylation is 3. The van der Waals surface area contributed by atoms with Crippen LogP contribution >= 0.6 is 0 Å². The van der Waals surface area contributed by atoms with E-state index >= 15 is 0 Å². The Labute approximate surface area is 394 Å². The lowest BCUT2D eigenvalue weighted by atomic mass is 10.1. The fraction of sp³-hybridized carbons (Fsp3) is 0.111. The van der Waals surface area contributed by atoms with Crippen molar-refractivity contribution in [1.82, 2.24) is 0 Å². The molecule has 0 spiro atoms. The zero-order valence-electron chi connectivity index (χ0n) is 36.8. The first-order valence-electron chi connectivity index (χ1n) is 20.0. The Balaban J connectivity index is 1.06. The molecule has 0 heterocycles. The number of phenolic OH excluding ortho intramolecular Hbond substituents is 1. The van der Waals surface area contributed by atoms with Crippen LogP contribution in [0.4, 0.5) is 56.9 Å². The molecular weight excluding hydrogens is 955 g/mol. The molecule has 24 heteroatoms. The molecule has 354 valence electrons. The third kappa shape index (κ3) is 11.6. The van der Waals surface area contributed by atoms with Crippen LogP contribution in [0.15, 0.2) is 171 Å². The summed E-state index contributed by atoms with van der Waals surface area (Å²) in [5.74, 6) is 0.338. The van der Waals surface area contributed by atoms with Crippen LogP contribution in [-0.4, -0.2) is 58.2 Å². The number of aromatic hydroxyl groups is 1. The van der Waals surface area contributed by atoms with Crippen molar-refractivity contribution in [3.8, 4) is 17.2 Å². The lowest BCUT2D eigenvalue weighted by Gasteiger charge is -2.12. The molecule has 0 aliphatic heterocycles. The first kappa shape index (κ1) is 49.0. The van der Waals surface area contributed by atoms with Gasteiger partial charge in [0.1, 0.15) is 38.4 Å². The molecule has 0 unspecified atom stereocenters. The van der Waals surface area contributed by atoms with E-state index in [1.54, 1.807) is 119 Å². The highest BCUT2D eigenvalue weighted by Crippen LogP contribution is 2.44. The molecule has 69 heavy (non-hydrogen) atoms. The Morgan fingerprint density at radius 1 is 0.464 bits per heavy atom. The lowest BCUT2D eigenvalue weighted by Crippen LogP contribution is -2.03. The van der Waals surface area contributed by atoms with Gasteiger partial charge in [0, 0.05) is 22.8 Å². The van der Waals surface area contributed by atoms with Crippen molar-refractivity contribution in [2.75, 3.05) is 19.5 Å². The zero-order chi connectivity index (χ0) is 49.8. The fourth-order valence-corrected chi connectivity index (χ4v) is 8.47. The largest absolute Gasteiger partial charge is 0.505 e. The van der Waals surface area contributed by atoms with E-state index < -0.39 is 56.5 Å². The van der Waals surface area contributed by atoms with Gasteiger partial charge in [0.25, 0.3) is 30.4 Å². The summed E-state index contributed by atoms with van der Waals surface area (Å²) in [6.45, 7) is 5.23. The summed E-state index contributed by atoms with van der Waals surface area (Å²) in [6, 6.07) is 28.7. The Kier molecular flexibility index (Phi) is 14.1. The van der Waals surface area contributed by atoms with Gasteiger partial charge >= 0.3 is 0 Å². The zero-order valence-corrected chi connectivity index (χ0v) is 39.3. The van der Waals surface area contributed by atoms with Gasteiger partial charge in [-0.25, -0.2) is 0 Å². The molecule has 0 aromatic heterocycles. The third-order valence-corrected chi connectivity index (χ3v) is 12.7. The van der Waals surface area contributed by atoms with Gasteiger partial charge in [0.2, 0.25) is 0 Å². The van der Waals surface area contributed by atoms with E-state index in [9.17, 15) is 44.0 Å². The van der Waals surface area contributed by atoms with Crippen LogP contribution in [-0.2, 0) is 30.4 Å². The minimum absolute atomic E-state index is 0.161. The van der Waals surface area contributed by atoms with Crippen LogP contribution in [0.2, 0.25) is 0 Å². The Morgan fingerprint density at radius 3 is 1.57 bits per heavy atom. The molecule has 7 aromatic carbocycles. The molecule has 0 saturated carbocycles. The van der Waals surface area contributed by atoms with Gasteiger partial charge < -0.3 is 19.9 Å². The van der Waals surface area contributed by atoms with Gasteiger partial charge in [-0.1, -0.05) is 0 Å². The van der Waals surface area contributed by atoms with Crippen LogP contribution in [0.5, 0.6) is 17.2 Å². The molecule has 0 aliphatic carbocycles. The van der Waals surface area contributed by atoms with Gasteiger partial charge in [-0.3, -0.25) is 13.7 Å². The topological polar surface area (TPSA) is 313 Å². The van der Waals surface area contributed by atoms with Gasteiger partial charge in [-0.2, -0.15) is 50.8 Å². The maximum absolute atomic E-state index is 12.6. The number of ether oxygens (including phenoxy) is 2. The lowest BCUT2D eigenvalue weighted by molar-refractivity contribution is 0.415. The number of methoxy groups -OCH3 is 2. The van der Waals surface area contributed by atoms with Crippen molar-refractivity contribution in [3.63, 3.8) is 0 Å². The molecule has 0 bridgehead atoms. The van der Waals surface area contributed by atoms with E-state index in [2.05, 4.69) is 46.2 Å². The monoisotopic (exact) mass is 993 g/mol. The second-order valence-corrected chi connectivity index (χ2v) is 19.2. The summed E-state index contributed by atoms with van der Waals surface area (Å²) in [7, 11) is -11.6. The minimum Gasteiger partial charge on any atom is -0.505 e. The Hall–Kier alpha value is -7.87. The third-order valence-electron chi connectivity index (χ3n) is 10.1. The quantitative estimate of drug-likeness (QED) is 0.0472. The Bertz CT molecular complexity index is 3640. The molecule has 0 aliphatic rings. The van der Waals surface area contributed by atoms with Gasteiger partial charge in [-0.15, -0.1) is 15.3 Å². The number of fused-ring (bicyclic) bond motifs is 1. The highest BCUT2D eigenvalue weighted by molar-refractivity contribution is 7.87. The number of anilines is 2. The molecule has 5 N–H and O–H groups in total.